The zero-order chi connectivity index (χ0) is 10.6. The molecule has 13 heavy (non-hydrogen) atoms. The van der Waals surface area contributed by atoms with Gasteiger partial charge in [0.1, 0.15) is 5.84 Å². The van der Waals surface area contributed by atoms with Gasteiger partial charge in [0.25, 0.3) is 0 Å². The average molecular weight is 201 g/mol. The van der Waals surface area contributed by atoms with Crippen LogP contribution < -0.4 is 5.32 Å². The largest absolute Gasteiger partial charge is 0.365 e. The Hall–Kier alpha value is -0.640. The fraction of sp³-hybridized carbons (Fsp3) is 0.778. The molecule has 3 nitrogen and oxygen atoms in total. The molecule has 0 atom stereocenters. The van der Waals surface area contributed by atoms with Crippen molar-refractivity contribution in [1.29, 1.82) is 0 Å². The van der Waals surface area contributed by atoms with Crippen LogP contribution in [-0.4, -0.2) is 37.0 Å². The highest BCUT2D eigenvalue weighted by Gasteiger charge is 2.23. The minimum atomic E-state index is 0.0183. The smallest absolute Gasteiger partial charge is 0.173 e. The van der Waals surface area contributed by atoms with E-state index in [4.69, 9.17) is 12.2 Å². The molecule has 0 aromatic heterocycles. The lowest BCUT2D eigenvalue weighted by Gasteiger charge is -2.30. The van der Waals surface area contributed by atoms with Crippen LogP contribution in [-0.2, 0) is 0 Å². The quantitative estimate of drug-likeness (QED) is 0.366. The SMILES string of the molecule is CN=C(N(C)C(=S)NC)C(C)(C)C. The summed E-state index contributed by atoms with van der Waals surface area (Å²) in [6, 6.07) is 0. The van der Waals surface area contributed by atoms with E-state index in [1.54, 1.807) is 7.05 Å². The van der Waals surface area contributed by atoms with E-state index in [0.717, 1.165) is 5.84 Å². The highest BCUT2D eigenvalue weighted by atomic mass is 32.1. The van der Waals surface area contributed by atoms with Crippen molar-refractivity contribution in [3.8, 4) is 0 Å². The van der Waals surface area contributed by atoms with Gasteiger partial charge in [-0.15, -0.1) is 0 Å². The Morgan fingerprint density at radius 1 is 1.38 bits per heavy atom. The number of thiocarbonyl (C=S) groups is 1. The predicted octanol–water partition coefficient (Wildman–Crippen LogP) is 1.50. The van der Waals surface area contributed by atoms with Gasteiger partial charge in [0.05, 0.1) is 0 Å². The second kappa shape index (κ2) is 4.56. The van der Waals surface area contributed by atoms with Gasteiger partial charge in [-0.3, -0.25) is 4.99 Å². The molecule has 0 aromatic rings. The third-order valence-corrected chi connectivity index (χ3v) is 2.20. The highest BCUT2D eigenvalue weighted by Crippen LogP contribution is 2.17. The van der Waals surface area contributed by atoms with E-state index in [-0.39, 0.29) is 5.41 Å². The van der Waals surface area contributed by atoms with Crippen LogP contribution in [0.2, 0.25) is 0 Å². The first-order valence-electron chi connectivity index (χ1n) is 4.27. The first-order valence-corrected chi connectivity index (χ1v) is 4.68. The van der Waals surface area contributed by atoms with Gasteiger partial charge in [-0.2, -0.15) is 0 Å². The summed E-state index contributed by atoms with van der Waals surface area (Å²) in [4.78, 5) is 6.14. The van der Waals surface area contributed by atoms with Crippen molar-refractivity contribution in [1.82, 2.24) is 10.2 Å². The lowest BCUT2D eigenvalue weighted by Crippen LogP contribution is -2.44. The molecule has 0 bridgehead atoms. The van der Waals surface area contributed by atoms with Gasteiger partial charge in [-0.05, 0) is 12.2 Å². The van der Waals surface area contributed by atoms with E-state index in [9.17, 15) is 0 Å². The van der Waals surface area contributed by atoms with Crippen molar-refractivity contribution in [2.45, 2.75) is 20.8 Å². The van der Waals surface area contributed by atoms with E-state index in [2.05, 4.69) is 31.1 Å². The van der Waals surface area contributed by atoms with Gasteiger partial charge in [-0.25, -0.2) is 0 Å². The van der Waals surface area contributed by atoms with Crippen molar-refractivity contribution in [3.63, 3.8) is 0 Å². The summed E-state index contributed by atoms with van der Waals surface area (Å²) < 4.78 is 0. The van der Waals surface area contributed by atoms with E-state index in [1.165, 1.54) is 0 Å². The Balaban J connectivity index is 4.73. The molecule has 0 spiro atoms. The van der Waals surface area contributed by atoms with Crippen LogP contribution in [0.5, 0.6) is 0 Å². The normalized spacial score (nSPS) is 12.6. The summed E-state index contributed by atoms with van der Waals surface area (Å²) in [5.74, 6) is 0.979. The Kier molecular flexibility index (Phi) is 4.33. The van der Waals surface area contributed by atoms with Crippen molar-refractivity contribution in [2.24, 2.45) is 10.4 Å². The molecule has 76 valence electrons. The third-order valence-electron chi connectivity index (χ3n) is 1.72. The van der Waals surface area contributed by atoms with Crippen LogP contribution in [0.1, 0.15) is 20.8 Å². The Morgan fingerprint density at radius 2 is 1.85 bits per heavy atom. The number of aliphatic imine (C=N–C) groups is 1. The fourth-order valence-corrected chi connectivity index (χ4v) is 1.34. The van der Waals surface area contributed by atoms with Crippen molar-refractivity contribution in [2.75, 3.05) is 21.1 Å². The van der Waals surface area contributed by atoms with Gasteiger partial charge in [0.15, 0.2) is 5.11 Å². The molecule has 0 rings (SSSR count). The number of hydrogen-bond donors (Lipinski definition) is 1. The topological polar surface area (TPSA) is 27.6 Å². The maximum absolute atomic E-state index is 5.12. The van der Waals surface area contributed by atoms with Gasteiger partial charge in [-0.1, -0.05) is 20.8 Å². The van der Waals surface area contributed by atoms with Crippen LogP contribution in [0.25, 0.3) is 0 Å². The van der Waals surface area contributed by atoms with Crippen molar-refractivity contribution >= 4 is 23.2 Å². The molecule has 0 unspecified atom stereocenters. The molecular weight excluding hydrogens is 182 g/mol. The highest BCUT2D eigenvalue weighted by molar-refractivity contribution is 7.80. The summed E-state index contributed by atoms with van der Waals surface area (Å²) in [6.45, 7) is 6.35. The van der Waals surface area contributed by atoms with E-state index in [1.807, 2.05) is 19.0 Å². The number of hydrogen-bond acceptors (Lipinski definition) is 2. The Morgan fingerprint density at radius 3 is 2.08 bits per heavy atom. The monoisotopic (exact) mass is 201 g/mol. The standard InChI is InChI=1S/C9H19N3S/c1-9(2,3)7(10-4)12(6)8(13)11-5/h1-6H3,(H,11,13). The van der Waals surface area contributed by atoms with Crippen LogP contribution in [0, 0.1) is 5.41 Å². The first-order chi connectivity index (χ1) is 5.84. The third kappa shape index (κ3) is 3.30. The summed E-state index contributed by atoms with van der Waals surface area (Å²) >= 11 is 5.12. The second-order valence-corrected chi connectivity index (χ2v) is 4.30. The number of nitrogens with one attached hydrogen (secondary N) is 1. The number of rotatable bonds is 0. The van der Waals surface area contributed by atoms with Gasteiger partial charge in [0.2, 0.25) is 0 Å². The van der Waals surface area contributed by atoms with Crippen molar-refractivity contribution < 1.29 is 0 Å². The Bertz CT molecular complexity index is 215. The molecule has 0 fully saturated rings. The average Bonchev–Trinajstić information content (AvgIpc) is 2.01. The zero-order valence-electron chi connectivity index (χ0n) is 9.30. The zero-order valence-corrected chi connectivity index (χ0v) is 10.1. The summed E-state index contributed by atoms with van der Waals surface area (Å²) in [6.07, 6.45) is 0. The summed E-state index contributed by atoms with van der Waals surface area (Å²) in [5.41, 5.74) is 0.0183. The molecule has 0 saturated heterocycles. The maximum atomic E-state index is 5.12. The predicted molar refractivity (Wildman–Crippen MR) is 62.2 cm³/mol. The maximum Gasteiger partial charge on any atom is 0.173 e. The fourth-order valence-electron chi connectivity index (χ4n) is 1.25. The first kappa shape index (κ1) is 12.4. The molecule has 0 heterocycles. The van der Waals surface area contributed by atoms with Crippen molar-refractivity contribution in [3.05, 3.63) is 0 Å². The van der Waals surface area contributed by atoms with Crippen LogP contribution in [0.15, 0.2) is 4.99 Å². The molecule has 4 heteroatoms. The molecule has 0 amide bonds. The summed E-state index contributed by atoms with van der Waals surface area (Å²) in [7, 11) is 5.52. The Labute approximate surface area is 86.2 Å². The van der Waals surface area contributed by atoms with E-state index in [0.29, 0.717) is 5.11 Å². The molecule has 0 aliphatic heterocycles. The van der Waals surface area contributed by atoms with Gasteiger partial charge < -0.3 is 10.2 Å². The van der Waals surface area contributed by atoms with Crippen LogP contribution >= 0.6 is 12.2 Å². The molecule has 0 saturated carbocycles. The molecule has 0 radical (unpaired) electrons. The van der Waals surface area contributed by atoms with E-state index >= 15 is 0 Å². The second-order valence-electron chi connectivity index (χ2n) is 3.91. The molecule has 0 aliphatic rings. The lowest BCUT2D eigenvalue weighted by atomic mass is 9.94. The molecule has 1 N–H and O–H groups in total. The summed E-state index contributed by atoms with van der Waals surface area (Å²) in [5, 5.41) is 3.62. The number of amidine groups is 1. The van der Waals surface area contributed by atoms with E-state index < -0.39 is 0 Å². The van der Waals surface area contributed by atoms with Crippen LogP contribution in [0.3, 0.4) is 0 Å². The van der Waals surface area contributed by atoms with Gasteiger partial charge in [0, 0.05) is 26.6 Å². The minimum Gasteiger partial charge on any atom is -0.365 e. The molecular formula is C9H19N3S. The van der Waals surface area contributed by atoms with Crippen LogP contribution in [0.4, 0.5) is 0 Å². The van der Waals surface area contributed by atoms with Gasteiger partial charge >= 0.3 is 0 Å². The number of nitrogens with zero attached hydrogens (tertiary/aromatic N) is 2. The lowest BCUT2D eigenvalue weighted by molar-refractivity contribution is 0.518. The minimum absolute atomic E-state index is 0.0183. The molecule has 0 aromatic carbocycles. The molecule has 0 aliphatic carbocycles.